The molecule has 0 aromatic carbocycles. The highest BCUT2D eigenvalue weighted by atomic mass is 16.5. The predicted octanol–water partition coefficient (Wildman–Crippen LogP) is 2.05. The number of hydrogen-bond donors (Lipinski definition) is 1. The Bertz CT molecular complexity index is 1070. The fourth-order valence-corrected chi connectivity index (χ4v) is 4.21. The van der Waals surface area contributed by atoms with Crippen LogP contribution in [0.2, 0.25) is 0 Å². The summed E-state index contributed by atoms with van der Waals surface area (Å²) in [5, 5.41) is 7.56. The maximum Gasteiger partial charge on any atom is 0.226 e. The van der Waals surface area contributed by atoms with E-state index in [2.05, 4.69) is 26.4 Å². The van der Waals surface area contributed by atoms with E-state index in [1.807, 2.05) is 30.5 Å². The number of hydrogen-bond acceptors (Lipinski definition) is 6. The van der Waals surface area contributed by atoms with Crippen LogP contribution in [0.3, 0.4) is 0 Å². The maximum absolute atomic E-state index is 12.5. The minimum Gasteiger partial charge on any atom is -0.378 e. The third-order valence-electron chi connectivity index (χ3n) is 5.43. The summed E-state index contributed by atoms with van der Waals surface area (Å²) < 4.78 is 7.32. The highest BCUT2D eigenvalue weighted by Crippen LogP contribution is 2.42. The van der Waals surface area contributed by atoms with E-state index in [0.717, 1.165) is 47.1 Å². The molecule has 1 atom stereocenters. The van der Waals surface area contributed by atoms with Gasteiger partial charge in [-0.15, -0.1) is 5.10 Å². The van der Waals surface area contributed by atoms with Crippen molar-refractivity contribution in [2.24, 2.45) is 0 Å². The molecule has 0 saturated carbocycles. The number of aromatic nitrogens is 4. The van der Waals surface area contributed by atoms with Crippen LogP contribution in [0.5, 0.6) is 0 Å². The van der Waals surface area contributed by atoms with Gasteiger partial charge >= 0.3 is 0 Å². The van der Waals surface area contributed by atoms with Crippen molar-refractivity contribution in [1.29, 1.82) is 0 Å². The Balaban J connectivity index is 1.70. The molecule has 144 valence electrons. The van der Waals surface area contributed by atoms with E-state index in [0.29, 0.717) is 25.5 Å². The summed E-state index contributed by atoms with van der Waals surface area (Å²) in [7, 11) is 0. The fraction of sp³-hybridized carbons (Fsp3) is 0.400. The number of fused-ring (bicyclic) bond motifs is 3. The molecule has 0 unspecified atom stereocenters. The zero-order chi connectivity index (χ0) is 19.3. The Morgan fingerprint density at radius 2 is 2.07 bits per heavy atom. The van der Waals surface area contributed by atoms with Gasteiger partial charge in [-0.3, -0.25) is 4.79 Å². The van der Waals surface area contributed by atoms with Gasteiger partial charge in [0.25, 0.3) is 0 Å². The number of nitrogens with one attached hydrogen (secondary N) is 1. The van der Waals surface area contributed by atoms with E-state index in [4.69, 9.17) is 9.72 Å². The summed E-state index contributed by atoms with van der Waals surface area (Å²) >= 11 is 0. The van der Waals surface area contributed by atoms with Gasteiger partial charge in [0.15, 0.2) is 11.5 Å². The molecule has 3 aromatic rings. The lowest BCUT2D eigenvalue weighted by Crippen LogP contribution is -2.38. The second-order valence-electron chi connectivity index (χ2n) is 7.36. The second-order valence-corrected chi connectivity index (χ2v) is 7.36. The topological polar surface area (TPSA) is 84.7 Å². The molecular weight excluding hydrogens is 356 g/mol. The first-order valence-electron chi connectivity index (χ1n) is 9.56. The van der Waals surface area contributed by atoms with Crippen molar-refractivity contribution in [2.75, 3.05) is 36.5 Å². The summed E-state index contributed by atoms with van der Waals surface area (Å²) in [4.78, 5) is 24.1. The molecule has 8 nitrogen and oxygen atoms in total. The third kappa shape index (κ3) is 2.72. The number of anilines is 2. The first-order valence-corrected chi connectivity index (χ1v) is 9.56. The molecule has 1 N–H and O–H groups in total. The molecule has 0 spiro atoms. The van der Waals surface area contributed by atoms with Crippen molar-refractivity contribution in [3.8, 4) is 0 Å². The Morgan fingerprint density at radius 3 is 2.89 bits per heavy atom. The maximum atomic E-state index is 12.5. The molecule has 0 radical (unpaired) electrons. The number of nitrogens with zero attached hydrogens (tertiary/aromatic N) is 5. The molecule has 3 aromatic heterocycles. The number of morpholine rings is 1. The average Bonchev–Trinajstić information content (AvgIpc) is 3.06. The van der Waals surface area contributed by atoms with Crippen LogP contribution in [-0.4, -0.2) is 51.8 Å². The molecule has 5 heterocycles. The minimum absolute atomic E-state index is 0.0351. The number of carbonyl (C=O) groups is 1. The second kappa shape index (κ2) is 6.56. The van der Waals surface area contributed by atoms with E-state index in [9.17, 15) is 4.79 Å². The minimum atomic E-state index is -0.138. The molecule has 5 rings (SSSR count). The Kier molecular flexibility index (Phi) is 4.01. The van der Waals surface area contributed by atoms with Crippen LogP contribution >= 0.6 is 0 Å². The van der Waals surface area contributed by atoms with E-state index < -0.39 is 0 Å². The summed E-state index contributed by atoms with van der Waals surface area (Å²) in [6, 6.07) is 5.99. The van der Waals surface area contributed by atoms with Gasteiger partial charge in [-0.1, -0.05) is 6.07 Å². The Hall–Kier alpha value is -3.00. The Labute approximate surface area is 162 Å². The number of amides is 1. The zero-order valence-electron chi connectivity index (χ0n) is 16.0. The van der Waals surface area contributed by atoms with Gasteiger partial charge in [0, 0.05) is 54.1 Å². The van der Waals surface area contributed by atoms with Crippen LogP contribution in [0.15, 0.2) is 24.4 Å². The lowest BCUT2D eigenvalue weighted by molar-refractivity contribution is -0.116. The molecule has 1 fully saturated rings. The number of pyridine rings is 1. The highest BCUT2D eigenvalue weighted by molar-refractivity contribution is 5.96. The van der Waals surface area contributed by atoms with Gasteiger partial charge in [-0.05, 0) is 26.0 Å². The summed E-state index contributed by atoms with van der Waals surface area (Å²) in [6.07, 6.45) is 2.16. The van der Waals surface area contributed by atoms with Crippen LogP contribution in [-0.2, 0) is 9.53 Å². The quantitative estimate of drug-likeness (QED) is 0.735. The van der Waals surface area contributed by atoms with Crippen molar-refractivity contribution < 1.29 is 9.53 Å². The van der Waals surface area contributed by atoms with Gasteiger partial charge in [-0.25, -0.2) is 14.5 Å². The van der Waals surface area contributed by atoms with Crippen LogP contribution in [0.4, 0.5) is 11.6 Å². The smallest absolute Gasteiger partial charge is 0.226 e. The standard InChI is InChI=1S/C20H22N6O2/c1-12-10-13(2)26-20(22-12)17-15(11-16(27)23-18(17)24-26)14-4-3-5-21-19(14)25-6-8-28-9-7-25/h3-5,10,15H,6-9,11H2,1-2H3,(H,23,24,27)/t15-/m0/s1. The fourth-order valence-electron chi connectivity index (χ4n) is 4.21. The van der Waals surface area contributed by atoms with Gasteiger partial charge in [-0.2, -0.15) is 0 Å². The van der Waals surface area contributed by atoms with E-state index in [1.54, 1.807) is 6.20 Å². The summed E-state index contributed by atoms with van der Waals surface area (Å²) in [5.74, 6) is 1.34. The molecule has 1 amide bonds. The lowest BCUT2D eigenvalue weighted by atomic mass is 9.87. The van der Waals surface area contributed by atoms with Crippen molar-refractivity contribution in [1.82, 2.24) is 19.6 Å². The van der Waals surface area contributed by atoms with E-state index >= 15 is 0 Å². The molecule has 28 heavy (non-hydrogen) atoms. The van der Waals surface area contributed by atoms with Crippen molar-refractivity contribution in [3.05, 3.63) is 46.9 Å². The number of aryl methyl sites for hydroxylation is 2. The third-order valence-corrected chi connectivity index (χ3v) is 5.43. The first-order chi connectivity index (χ1) is 13.6. The Morgan fingerprint density at radius 1 is 1.25 bits per heavy atom. The monoisotopic (exact) mass is 378 g/mol. The molecule has 1 saturated heterocycles. The van der Waals surface area contributed by atoms with Gasteiger partial charge in [0.05, 0.1) is 13.2 Å². The summed E-state index contributed by atoms with van der Waals surface area (Å²) in [5.41, 5.74) is 4.73. The normalized spacial score (nSPS) is 19.6. The van der Waals surface area contributed by atoms with Gasteiger partial charge in [0.2, 0.25) is 5.91 Å². The molecule has 2 aliphatic heterocycles. The largest absolute Gasteiger partial charge is 0.378 e. The van der Waals surface area contributed by atoms with Crippen LogP contribution in [0.25, 0.3) is 5.65 Å². The van der Waals surface area contributed by atoms with Gasteiger partial charge < -0.3 is 15.0 Å². The van der Waals surface area contributed by atoms with Crippen LogP contribution < -0.4 is 10.2 Å². The predicted molar refractivity (Wildman–Crippen MR) is 105 cm³/mol. The molecule has 8 heteroatoms. The van der Waals surface area contributed by atoms with Gasteiger partial charge in [0.1, 0.15) is 5.82 Å². The van der Waals surface area contributed by atoms with Crippen LogP contribution in [0, 0.1) is 13.8 Å². The molecule has 0 aliphatic carbocycles. The zero-order valence-corrected chi connectivity index (χ0v) is 16.0. The van der Waals surface area contributed by atoms with Crippen molar-refractivity contribution in [3.63, 3.8) is 0 Å². The summed E-state index contributed by atoms with van der Waals surface area (Å²) in [6.45, 7) is 6.93. The first kappa shape index (κ1) is 17.1. The van der Waals surface area contributed by atoms with E-state index in [-0.39, 0.29) is 11.8 Å². The van der Waals surface area contributed by atoms with Crippen molar-refractivity contribution in [2.45, 2.75) is 26.2 Å². The lowest BCUT2D eigenvalue weighted by Gasteiger charge is -2.32. The highest BCUT2D eigenvalue weighted by Gasteiger charge is 2.34. The molecule has 0 bridgehead atoms. The molecule has 2 aliphatic rings. The van der Waals surface area contributed by atoms with E-state index in [1.165, 1.54) is 0 Å². The number of ether oxygens (including phenoxy) is 1. The number of carbonyl (C=O) groups excluding carboxylic acids is 1. The molecular formula is C20H22N6O2. The number of rotatable bonds is 2. The van der Waals surface area contributed by atoms with Crippen LogP contribution in [0.1, 0.15) is 34.9 Å². The SMILES string of the molecule is Cc1cc(C)n2nc3c(c2n1)[C@H](c1cccnc1N1CCOCC1)CC(=O)N3. The average molecular weight is 378 g/mol. The van der Waals surface area contributed by atoms with Crippen molar-refractivity contribution >= 4 is 23.2 Å².